The Kier molecular flexibility index (Phi) is 5.75. The first-order valence-corrected chi connectivity index (χ1v) is 6.85. The minimum Gasteiger partial charge on any atom is -0.496 e. The molecule has 17 heavy (non-hydrogen) atoms. The predicted octanol–water partition coefficient (Wildman–Crippen LogP) is 3.59. The molecule has 0 saturated carbocycles. The Labute approximate surface area is 127 Å². The third kappa shape index (κ3) is 4.15. The van der Waals surface area contributed by atoms with Crippen molar-refractivity contribution in [2.24, 2.45) is 0 Å². The second-order valence-electron chi connectivity index (χ2n) is 3.17. The van der Waals surface area contributed by atoms with Gasteiger partial charge in [0.2, 0.25) is 0 Å². The predicted molar refractivity (Wildman–Crippen MR) is 81.1 cm³/mol. The first kappa shape index (κ1) is 14.8. The first-order chi connectivity index (χ1) is 7.95. The zero-order valence-corrected chi connectivity index (χ0v) is 13.5. The molecule has 0 atom stereocenters. The number of carbonyl (C=O) groups is 1. The number of amides is 1. The molecule has 1 aromatic rings. The van der Waals surface area contributed by atoms with Crippen LogP contribution in [0.3, 0.4) is 0 Å². The van der Waals surface area contributed by atoms with E-state index in [1.54, 1.807) is 12.1 Å². The third-order valence-electron chi connectivity index (χ3n) is 1.93. The average Bonchev–Trinajstić information content (AvgIpc) is 2.28. The van der Waals surface area contributed by atoms with E-state index < -0.39 is 0 Å². The molecular weight excluding hydrogens is 420 g/mol. The maximum absolute atomic E-state index is 11.9. The Morgan fingerprint density at radius 2 is 2.29 bits per heavy atom. The lowest BCUT2D eigenvalue weighted by Gasteiger charge is -2.10. The molecule has 0 spiro atoms. The fourth-order valence-electron chi connectivity index (χ4n) is 1.15. The van der Waals surface area contributed by atoms with Crippen LogP contribution in [0.5, 0.6) is 5.75 Å². The van der Waals surface area contributed by atoms with Gasteiger partial charge in [0, 0.05) is 14.6 Å². The number of rotatable bonds is 4. The van der Waals surface area contributed by atoms with Crippen molar-refractivity contribution in [3.8, 4) is 5.75 Å². The van der Waals surface area contributed by atoms with Gasteiger partial charge in [-0.1, -0.05) is 34.1 Å². The molecule has 0 fully saturated rings. The maximum atomic E-state index is 11.9. The highest BCUT2D eigenvalue weighted by Crippen LogP contribution is 2.28. The zero-order chi connectivity index (χ0) is 13.0. The van der Waals surface area contributed by atoms with Crippen molar-refractivity contribution in [1.29, 1.82) is 0 Å². The molecule has 0 aliphatic carbocycles. The second kappa shape index (κ2) is 6.61. The van der Waals surface area contributed by atoms with Gasteiger partial charge in [-0.3, -0.25) is 4.79 Å². The topological polar surface area (TPSA) is 38.3 Å². The largest absolute Gasteiger partial charge is 0.496 e. The summed E-state index contributed by atoms with van der Waals surface area (Å²) in [6.45, 7) is 3.99. The molecule has 3 nitrogen and oxygen atoms in total. The van der Waals surface area contributed by atoms with Crippen LogP contribution in [-0.4, -0.2) is 19.6 Å². The van der Waals surface area contributed by atoms with Gasteiger partial charge < -0.3 is 10.1 Å². The molecule has 92 valence electrons. The highest BCUT2D eigenvalue weighted by atomic mass is 127. The van der Waals surface area contributed by atoms with Crippen LogP contribution in [0.4, 0.5) is 0 Å². The van der Waals surface area contributed by atoms with Gasteiger partial charge in [-0.15, -0.1) is 0 Å². The van der Waals surface area contributed by atoms with Gasteiger partial charge >= 0.3 is 0 Å². The molecule has 1 rings (SSSR count). The summed E-state index contributed by atoms with van der Waals surface area (Å²) in [5, 5.41) is 3.22. The van der Waals surface area contributed by atoms with Gasteiger partial charge in [-0.2, -0.15) is 0 Å². The average molecular weight is 430 g/mol. The van der Waals surface area contributed by atoms with Crippen molar-refractivity contribution in [3.05, 3.63) is 37.4 Å². The van der Waals surface area contributed by atoms with Crippen LogP contribution in [0.2, 0.25) is 5.02 Å². The van der Waals surface area contributed by atoms with Gasteiger partial charge in [0.05, 0.1) is 17.7 Å². The highest BCUT2D eigenvalue weighted by molar-refractivity contribution is 14.1. The van der Waals surface area contributed by atoms with Gasteiger partial charge in [0.25, 0.3) is 5.91 Å². The van der Waals surface area contributed by atoms with E-state index in [0.29, 0.717) is 27.4 Å². The molecule has 0 aliphatic heterocycles. The van der Waals surface area contributed by atoms with E-state index in [-0.39, 0.29) is 5.91 Å². The fraction of sp³-hybridized carbons (Fsp3) is 0.182. The summed E-state index contributed by atoms with van der Waals surface area (Å²) in [6.07, 6.45) is 0. The summed E-state index contributed by atoms with van der Waals surface area (Å²) in [5.41, 5.74) is 0.409. The molecule has 1 aromatic carbocycles. The highest BCUT2D eigenvalue weighted by Gasteiger charge is 2.14. The Hall–Kier alpha value is -0.270. The van der Waals surface area contributed by atoms with Crippen LogP contribution >= 0.6 is 50.1 Å². The van der Waals surface area contributed by atoms with E-state index in [1.165, 1.54) is 7.11 Å². The Morgan fingerprint density at radius 1 is 1.65 bits per heavy atom. The van der Waals surface area contributed by atoms with Gasteiger partial charge in [-0.05, 0) is 34.7 Å². The molecule has 0 bridgehead atoms. The van der Waals surface area contributed by atoms with E-state index in [2.05, 4.69) is 50.4 Å². The maximum Gasteiger partial charge on any atom is 0.255 e. The quantitative estimate of drug-likeness (QED) is 0.742. The second-order valence-corrected chi connectivity index (χ2v) is 5.86. The van der Waals surface area contributed by atoms with Crippen LogP contribution in [-0.2, 0) is 0 Å². The van der Waals surface area contributed by atoms with Crippen LogP contribution in [0.25, 0.3) is 0 Å². The number of nitrogens with one attached hydrogen (secondary N) is 1. The van der Waals surface area contributed by atoms with Crippen LogP contribution in [0, 0.1) is 3.57 Å². The summed E-state index contributed by atoms with van der Waals surface area (Å²) in [6, 6.07) is 3.31. The number of ether oxygens (including phenoxy) is 1. The Bertz CT molecular complexity index is 465. The van der Waals surface area contributed by atoms with Crippen molar-refractivity contribution in [2.75, 3.05) is 13.7 Å². The molecular formula is C11H10BrClINO2. The molecule has 0 radical (unpaired) electrons. The normalized spacial score (nSPS) is 9.88. The number of hydrogen-bond donors (Lipinski definition) is 1. The molecule has 0 unspecified atom stereocenters. The summed E-state index contributed by atoms with van der Waals surface area (Å²) in [4.78, 5) is 11.9. The van der Waals surface area contributed by atoms with Gasteiger partial charge in [-0.25, -0.2) is 0 Å². The molecule has 0 saturated heterocycles. The van der Waals surface area contributed by atoms with Crippen molar-refractivity contribution >= 4 is 56.0 Å². The smallest absolute Gasteiger partial charge is 0.255 e. The van der Waals surface area contributed by atoms with Crippen molar-refractivity contribution in [2.45, 2.75) is 0 Å². The molecule has 0 aliphatic rings. The number of halogens is 3. The minimum absolute atomic E-state index is 0.249. The summed E-state index contributed by atoms with van der Waals surface area (Å²) >= 11 is 11.2. The summed E-state index contributed by atoms with van der Waals surface area (Å²) in [5.74, 6) is 0.247. The molecule has 0 aromatic heterocycles. The fourth-order valence-corrected chi connectivity index (χ4v) is 1.89. The molecule has 1 N–H and O–H groups in total. The van der Waals surface area contributed by atoms with E-state index in [1.807, 2.05) is 0 Å². The number of benzene rings is 1. The van der Waals surface area contributed by atoms with Crippen molar-refractivity contribution < 1.29 is 9.53 Å². The van der Waals surface area contributed by atoms with E-state index >= 15 is 0 Å². The van der Waals surface area contributed by atoms with E-state index in [4.69, 9.17) is 16.3 Å². The van der Waals surface area contributed by atoms with Crippen molar-refractivity contribution in [1.82, 2.24) is 5.32 Å². The number of carbonyl (C=O) groups excluding carboxylic acids is 1. The zero-order valence-electron chi connectivity index (χ0n) is 9.02. The van der Waals surface area contributed by atoms with Crippen LogP contribution in [0.1, 0.15) is 10.4 Å². The van der Waals surface area contributed by atoms with Crippen LogP contribution < -0.4 is 10.1 Å². The SMILES string of the molecule is C=C(Br)CNC(=O)c1cc(Cl)c(I)cc1OC. The van der Waals surface area contributed by atoms with Crippen LogP contribution in [0.15, 0.2) is 23.2 Å². The van der Waals surface area contributed by atoms with E-state index in [9.17, 15) is 4.79 Å². The first-order valence-electron chi connectivity index (χ1n) is 4.60. The minimum atomic E-state index is -0.249. The molecule has 1 amide bonds. The molecule has 0 heterocycles. The monoisotopic (exact) mass is 429 g/mol. The van der Waals surface area contributed by atoms with Gasteiger partial charge in [0.1, 0.15) is 5.75 Å². The standard InChI is InChI=1S/C11H10BrClINO2/c1-6(12)5-15-11(16)7-3-8(13)9(14)4-10(7)17-2/h3-4H,1,5H2,2H3,(H,15,16). The Balaban J connectivity index is 2.99. The summed E-state index contributed by atoms with van der Waals surface area (Å²) < 4.78 is 6.68. The van der Waals surface area contributed by atoms with Crippen molar-refractivity contribution in [3.63, 3.8) is 0 Å². The van der Waals surface area contributed by atoms with Gasteiger partial charge in [0.15, 0.2) is 0 Å². The lowest BCUT2D eigenvalue weighted by Crippen LogP contribution is -2.25. The third-order valence-corrected chi connectivity index (χ3v) is 3.73. The number of methoxy groups -OCH3 is 1. The number of hydrogen-bond acceptors (Lipinski definition) is 2. The summed E-state index contributed by atoms with van der Waals surface area (Å²) in [7, 11) is 1.51. The Morgan fingerprint density at radius 3 is 2.82 bits per heavy atom. The molecule has 6 heteroatoms. The lowest BCUT2D eigenvalue weighted by atomic mass is 10.2. The van der Waals surface area contributed by atoms with E-state index in [0.717, 1.165) is 3.57 Å². The lowest BCUT2D eigenvalue weighted by molar-refractivity contribution is 0.0954.